The molecule has 0 fully saturated rings. The van der Waals surface area contributed by atoms with E-state index in [0.29, 0.717) is 13.1 Å². The number of carbonyl (C=O) groups excluding carboxylic acids is 2. The van der Waals surface area contributed by atoms with Gasteiger partial charge in [-0.25, -0.2) is 0 Å². The molecule has 2 amide bonds. The molecule has 0 aliphatic heterocycles. The highest BCUT2D eigenvalue weighted by molar-refractivity contribution is 6.02. The highest BCUT2D eigenvalue weighted by Crippen LogP contribution is 2.23. The first-order valence-corrected chi connectivity index (χ1v) is 6.95. The molecule has 0 unspecified atom stereocenters. The summed E-state index contributed by atoms with van der Waals surface area (Å²) in [5.74, 6) is -0.331. The van der Waals surface area contributed by atoms with Gasteiger partial charge in [0.2, 0.25) is 11.8 Å². The number of nitrogens with two attached hydrogens (primary N) is 1. The summed E-state index contributed by atoms with van der Waals surface area (Å²) in [6.07, 6.45) is 0.316. The van der Waals surface area contributed by atoms with E-state index in [1.54, 1.807) is 0 Å². The van der Waals surface area contributed by atoms with Gasteiger partial charge in [0.25, 0.3) is 0 Å². The number of anilines is 1. The number of carbonyl (C=O) groups is 2. The van der Waals surface area contributed by atoms with E-state index < -0.39 is 0 Å². The predicted octanol–water partition coefficient (Wildman–Crippen LogP) is 1.63. The van der Waals surface area contributed by atoms with Crippen molar-refractivity contribution in [3.63, 3.8) is 0 Å². The number of rotatable bonds is 6. The molecule has 0 saturated carbocycles. The Balaban J connectivity index is 1.94. The van der Waals surface area contributed by atoms with Crippen molar-refractivity contribution in [2.45, 2.75) is 12.8 Å². The Morgan fingerprint density at radius 3 is 2.48 bits per heavy atom. The van der Waals surface area contributed by atoms with Gasteiger partial charge in [-0.2, -0.15) is 0 Å². The van der Waals surface area contributed by atoms with Crippen LogP contribution < -0.4 is 16.4 Å². The maximum absolute atomic E-state index is 11.9. The second-order valence-corrected chi connectivity index (χ2v) is 4.71. The lowest BCUT2D eigenvalue weighted by Gasteiger charge is -2.08. The number of amides is 2. The molecule has 2 rings (SSSR count). The smallest absolute Gasteiger partial charge is 0.224 e. The molecule has 4 N–H and O–H groups in total. The second-order valence-electron chi connectivity index (χ2n) is 4.71. The number of fused-ring (bicyclic) bond motifs is 1. The van der Waals surface area contributed by atoms with Crippen LogP contribution in [0.3, 0.4) is 0 Å². The summed E-state index contributed by atoms with van der Waals surface area (Å²) in [5.41, 5.74) is 6.06. The van der Waals surface area contributed by atoms with Crippen molar-refractivity contribution >= 4 is 28.3 Å². The quantitative estimate of drug-likeness (QED) is 0.754. The molecule has 0 aliphatic rings. The monoisotopic (exact) mass is 285 g/mol. The van der Waals surface area contributed by atoms with Crippen molar-refractivity contribution in [3.05, 3.63) is 42.5 Å². The van der Waals surface area contributed by atoms with Crippen LogP contribution in [0.2, 0.25) is 0 Å². The maximum atomic E-state index is 11.9. The van der Waals surface area contributed by atoms with Gasteiger partial charge in [-0.1, -0.05) is 36.4 Å². The molecule has 0 aromatic heterocycles. The van der Waals surface area contributed by atoms with Crippen LogP contribution in [0.4, 0.5) is 5.69 Å². The third-order valence-electron chi connectivity index (χ3n) is 3.11. The second kappa shape index (κ2) is 7.40. The topological polar surface area (TPSA) is 84.2 Å². The zero-order chi connectivity index (χ0) is 15.1. The number of hydrogen-bond acceptors (Lipinski definition) is 3. The molecule has 21 heavy (non-hydrogen) atoms. The molecule has 110 valence electrons. The van der Waals surface area contributed by atoms with Gasteiger partial charge in [0, 0.05) is 37.0 Å². The molecule has 0 heterocycles. The summed E-state index contributed by atoms with van der Waals surface area (Å²) in [6, 6.07) is 13.6. The maximum Gasteiger partial charge on any atom is 0.224 e. The van der Waals surface area contributed by atoms with Crippen molar-refractivity contribution in [1.29, 1.82) is 0 Å². The lowest BCUT2D eigenvalue weighted by Crippen LogP contribution is -2.29. The summed E-state index contributed by atoms with van der Waals surface area (Å²) in [6.45, 7) is 0.831. The molecular formula is C16H19N3O2. The van der Waals surface area contributed by atoms with Gasteiger partial charge in [-0.15, -0.1) is 0 Å². The van der Waals surface area contributed by atoms with Crippen LogP contribution >= 0.6 is 0 Å². The SMILES string of the molecule is NCCNC(=O)CCC(=O)Nc1cccc2ccccc12. The Morgan fingerprint density at radius 2 is 1.67 bits per heavy atom. The normalized spacial score (nSPS) is 10.3. The van der Waals surface area contributed by atoms with Gasteiger partial charge in [0.15, 0.2) is 0 Å². The Hall–Kier alpha value is -2.40. The van der Waals surface area contributed by atoms with Gasteiger partial charge in [-0.3, -0.25) is 9.59 Å². The lowest BCUT2D eigenvalue weighted by molar-refractivity contribution is -0.124. The first kappa shape index (κ1) is 15.0. The van der Waals surface area contributed by atoms with E-state index in [4.69, 9.17) is 5.73 Å². The minimum Gasteiger partial charge on any atom is -0.355 e. The minimum atomic E-state index is -0.172. The van der Waals surface area contributed by atoms with Crippen LogP contribution in [0.5, 0.6) is 0 Å². The van der Waals surface area contributed by atoms with E-state index in [1.807, 2.05) is 42.5 Å². The third kappa shape index (κ3) is 4.29. The Bertz CT molecular complexity index is 635. The van der Waals surface area contributed by atoms with Gasteiger partial charge >= 0.3 is 0 Å². The lowest BCUT2D eigenvalue weighted by atomic mass is 10.1. The Labute approximate surface area is 123 Å². The zero-order valence-electron chi connectivity index (χ0n) is 11.8. The zero-order valence-corrected chi connectivity index (χ0v) is 11.8. The molecule has 0 atom stereocenters. The van der Waals surface area contributed by atoms with Crippen LogP contribution in [0.15, 0.2) is 42.5 Å². The molecule has 0 spiro atoms. The molecule has 5 nitrogen and oxygen atoms in total. The highest BCUT2D eigenvalue weighted by atomic mass is 16.2. The fraction of sp³-hybridized carbons (Fsp3) is 0.250. The van der Waals surface area contributed by atoms with E-state index in [1.165, 1.54) is 0 Å². The largest absolute Gasteiger partial charge is 0.355 e. The summed E-state index contributed by atoms with van der Waals surface area (Å²) in [5, 5.41) is 7.54. The van der Waals surface area contributed by atoms with Crippen molar-refractivity contribution in [2.24, 2.45) is 5.73 Å². The molecule has 5 heteroatoms. The van der Waals surface area contributed by atoms with Crippen molar-refractivity contribution in [2.75, 3.05) is 18.4 Å². The molecule has 0 aliphatic carbocycles. The molecular weight excluding hydrogens is 266 g/mol. The fourth-order valence-electron chi connectivity index (χ4n) is 2.07. The Kier molecular flexibility index (Phi) is 5.29. The van der Waals surface area contributed by atoms with Gasteiger partial charge < -0.3 is 16.4 Å². The van der Waals surface area contributed by atoms with E-state index >= 15 is 0 Å². The standard InChI is InChI=1S/C16H19N3O2/c17-10-11-18-15(20)8-9-16(21)19-14-7-3-5-12-4-1-2-6-13(12)14/h1-7H,8-11,17H2,(H,18,20)(H,19,21). The fourth-order valence-corrected chi connectivity index (χ4v) is 2.07. The van der Waals surface area contributed by atoms with Crippen LogP contribution in [0.1, 0.15) is 12.8 Å². The van der Waals surface area contributed by atoms with Crippen LogP contribution in [0.25, 0.3) is 10.8 Å². The molecule has 0 saturated heterocycles. The van der Waals surface area contributed by atoms with Gasteiger partial charge in [-0.05, 0) is 11.5 Å². The number of hydrogen-bond donors (Lipinski definition) is 3. The minimum absolute atomic E-state index is 0.152. The summed E-state index contributed by atoms with van der Waals surface area (Å²) < 4.78 is 0. The van der Waals surface area contributed by atoms with Crippen LogP contribution in [-0.2, 0) is 9.59 Å². The molecule has 0 bridgehead atoms. The van der Waals surface area contributed by atoms with Crippen LogP contribution in [-0.4, -0.2) is 24.9 Å². The third-order valence-corrected chi connectivity index (χ3v) is 3.11. The summed E-state index contributed by atoms with van der Waals surface area (Å²) in [4.78, 5) is 23.3. The highest BCUT2D eigenvalue weighted by Gasteiger charge is 2.08. The van der Waals surface area contributed by atoms with Crippen molar-refractivity contribution in [3.8, 4) is 0 Å². The van der Waals surface area contributed by atoms with E-state index in [0.717, 1.165) is 16.5 Å². The average Bonchev–Trinajstić information content (AvgIpc) is 2.51. The molecule has 2 aromatic rings. The predicted molar refractivity (Wildman–Crippen MR) is 83.9 cm³/mol. The summed E-state index contributed by atoms with van der Waals surface area (Å²) >= 11 is 0. The molecule has 2 aromatic carbocycles. The van der Waals surface area contributed by atoms with E-state index in [-0.39, 0.29) is 24.7 Å². The Morgan fingerprint density at radius 1 is 0.952 bits per heavy atom. The number of benzene rings is 2. The molecule has 0 radical (unpaired) electrons. The van der Waals surface area contributed by atoms with E-state index in [9.17, 15) is 9.59 Å². The van der Waals surface area contributed by atoms with Gasteiger partial charge in [0.05, 0.1) is 0 Å². The average molecular weight is 285 g/mol. The van der Waals surface area contributed by atoms with Gasteiger partial charge in [0.1, 0.15) is 0 Å². The first-order valence-electron chi connectivity index (χ1n) is 6.95. The van der Waals surface area contributed by atoms with Crippen molar-refractivity contribution < 1.29 is 9.59 Å². The summed E-state index contributed by atoms with van der Waals surface area (Å²) in [7, 11) is 0. The van der Waals surface area contributed by atoms with Crippen molar-refractivity contribution in [1.82, 2.24) is 5.32 Å². The first-order chi connectivity index (χ1) is 10.2. The number of nitrogens with one attached hydrogen (secondary N) is 2. The van der Waals surface area contributed by atoms with Crippen LogP contribution in [0, 0.1) is 0 Å². The van der Waals surface area contributed by atoms with E-state index in [2.05, 4.69) is 10.6 Å².